The minimum Gasteiger partial charge on any atom is -0.508 e. The predicted octanol–water partition coefficient (Wildman–Crippen LogP) is 4.30. The minimum absolute atomic E-state index is 0.0163. The van der Waals surface area contributed by atoms with Crippen LogP contribution in [0.3, 0.4) is 0 Å². The van der Waals surface area contributed by atoms with Gasteiger partial charge in [0.15, 0.2) is 0 Å². The second-order valence-corrected chi connectivity index (χ2v) is 6.67. The molecule has 1 atom stereocenters. The lowest BCUT2D eigenvalue weighted by atomic mass is 9.81. The Bertz CT molecular complexity index is 478. The average molecular weight is 246 g/mol. The highest BCUT2D eigenvalue weighted by atomic mass is 16.5. The number of hydrogen-bond acceptors (Lipinski definition) is 2. The van der Waals surface area contributed by atoms with Crippen LogP contribution in [0.1, 0.15) is 51.8 Å². The summed E-state index contributed by atoms with van der Waals surface area (Å²) in [6.07, 6.45) is 3.79. The fraction of sp³-hybridized carbons (Fsp3) is 0.500. The van der Waals surface area contributed by atoms with Gasteiger partial charge in [-0.3, -0.25) is 0 Å². The molecule has 18 heavy (non-hydrogen) atoms. The summed E-state index contributed by atoms with van der Waals surface area (Å²) in [7, 11) is 0. The number of ether oxygens (including phenoxy) is 1. The molecule has 0 fully saturated rings. The van der Waals surface area contributed by atoms with Crippen molar-refractivity contribution in [2.75, 3.05) is 0 Å². The monoisotopic (exact) mass is 246 g/mol. The number of benzene rings is 1. The van der Waals surface area contributed by atoms with E-state index >= 15 is 0 Å². The molecule has 0 aromatic heterocycles. The molecule has 1 aliphatic rings. The molecule has 0 bridgehead atoms. The van der Waals surface area contributed by atoms with E-state index in [1.165, 1.54) is 0 Å². The summed E-state index contributed by atoms with van der Waals surface area (Å²) in [5.74, 6) is 0.353. The third-order valence-corrected chi connectivity index (χ3v) is 3.52. The first-order valence-corrected chi connectivity index (χ1v) is 6.38. The first kappa shape index (κ1) is 13.0. The molecule has 0 radical (unpaired) electrons. The van der Waals surface area contributed by atoms with E-state index in [4.69, 9.17) is 4.74 Å². The molecule has 0 aliphatic carbocycles. The second-order valence-electron chi connectivity index (χ2n) is 6.67. The van der Waals surface area contributed by atoms with Gasteiger partial charge in [-0.25, -0.2) is 0 Å². The zero-order chi connectivity index (χ0) is 13.6. The lowest BCUT2D eigenvalue weighted by Crippen LogP contribution is -2.17. The Hall–Kier alpha value is -1.44. The van der Waals surface area contributed by atoms with Gasteiger partial charge in [0, 0.05) is 5.41 Å². The summed E-state index contributed by atoms with van der Waals surface area (Å²) in [6, 6.07) is 5.89. The van der Waals surface area contributed by atoms with Crippen molar-refractivity contribution < 1.29 is 9.84 Å². The fourth-order valence-electron chi connectivity index (χ4n) is 2.41. The molecule has 0 saturated carbocycles. The highest BCUT2D eigenvalue weighted by Crippen LogP contribution is 2.44. The van der Waals surface area contributed by atoms with Crippen LogP contribution in [-0.2, 0) is 10.2 Å². The van der Waals surface area contributed by atoms with E-state index in [0.29, 0.717) is 5.75 Å². The van der Waals surface area contributed by atoms with Crippen molar-refractivity contribution in [2.45, 2.75) is 46.1 Å². The van der Waals surface area contributed by atoms with E-state index in [-0.39, 0.29) is 16.9 Å². The van der Waals surface area contributed by atoms with Gasteiger partial charge in [0.1, 0.15) is 11.9 Å². The Morgan fingerprint density at radius 2 is 1.89 bits per heavy atom. The molecule has 2 nitrogen and oxygen atoms in total. The number of rotatable bonds is 1. The minimum atomic E-state index is -0.0487. The number of phenols is 1. The third-order valence-electron chi connectivity index (χ3n) is 3.52. The Morgan fingerprint density at radius 1 is 1.22 bits per heavy atom. The predicted molar refractivity (Wildman–Crippen MR) is 73.6 cm³/mol. The lowest BCUT2D eigenvalue weighted by Gasteiger charge is -2.27. The maximum atomic E-state index is 10.2. The second kappa shape index (κ2) is 4.04. The van der Waals surface area contributed by atoms with E-state index in [0.717, 1.165) is 11.1 Å². The number of aromatic hydroxyl groups is 1. The topological polar surface area (TPSA) is 29.5 Å². The van der Waals surface area contributed by atoms with E-state index in [9.17, 15) is 5.11 Å². The summed E-state index contributed by atoms with van der Waals surface area (Å²) in [5, 5.41) is 10.2. The van der Waals surface area contributed by atoms with Crippen LogP contribution in [0.5, 0.6) is 5.75 Å². The van der Waals surface area contributed by atoms with Crippen molar-refractivity contribution in [2.24, 2.45) is 5.41 Å². The Morgan fingerprint density at radius 3 is 2.33 bits per heavy atom. The average Bonchev–Trinajstić information content (AvgIpc) is 2.55. The summed E-state index contributed by atoms with van der Waals surface area (Å²) in [4.78, 5) is 0. The zero-order valence-corrected chi connectivity index (χ0v) is 11.8. The first-order valence-electron chi connectivity index (χ1n) is 6.38. The molecule has 2 heteroatoms. The molecule has 0 saturated heterocycles. The lowest BCUT2D eigenvalue weighted by molar-refractivity contribution is 0.0957. The van der Waals surface area contributed by atoms with Crippen LogP contribution in [0, 0.1) is 5.41 Å². The van der Waals surface area contributed by atoms with E-state index in [2.05, 4.69) is 46.8 Å². The zero-order valence-electron chi connectivity index (χ0n) is 11.8. The molecule has 0 spiro atoms. The van der Waals surface area contributed by atoms with Crippen LogP contribution in [0.2, 0.25) is 0 Å². The van der Waals surface area contributed by atoms with Crippen molar-refractivity contribution in [3.8, 4) is 5.75 Å². The van der Waals surface area contributed by atoms with Crippen molar-refractivity contribution in [3.05, 3.63) is 41.7 Å². The van der Waals surface area contributed by atoms with Gasteiger partial charge in [-0.15, -0.1) is 0 Å². The van der Waals surface area contributed by atoms with Gasteiger partial charge in [-0.2, -0.15) is 0 Å². The largest absolute Gasteiger partial charge is 0.508 e. The molecule has 1 aliphatic heterocycles. The molecular formula is C16H22O2. The first-order chi connectivity index (χ1) is 8.22. The van der Waals surface area contributed by atoms with Crippen molar-refractivity contribution in [1.29, 1.82) is 0 Å². The van der Waals surface area contributed by atoms with Gasteiger partial charge in [0.2, 0.25) is 0 Å². The van der Waals surface area contributed by atoms with Crippen LogP contribution in [0.15, 0.2) is 30.5 Å². The van der Waals surface area contributed by atoms with Crippen LogP contribution >= 0.6 is 0 Å². The summed E-state index contributed by atoms with van der Waals surface area (Å²) in [5.41, 5.74) is 1.91. The van der Waals surface area contributed by atoms with Gasteiger partial charge >= 0.3 is 0 Å². The molecule has 1 aromatic carbocycles. The molecule has 1 N–H and O–H groups in total. The SMILES string of the molecule is CC(C)(C)c1ccc(C2OC=CC2(C)C)cc1O. The van der Waals surface area contributed by atoms with Crippen molar-refractivity contribution >= 4 is 0 Å². The van der Waals surface area contributed by atoms with Crippen LogP contribution in [-0.4, -0.2) is 5.11 Å². The molecule has 1 unspecified atom stereocenters. The Balaban J connectivity index is 2.36. The van der Waals surface area contributed by atoms with Crippen molar-refractivity contribution in [3.63, 3.8) is 0 Å². The van der Waals surface area contributed by atoms with Crippen LogP contribution in [0.4, 0.5) is 0 Å². The molecule has 0 amide bonds. The molecule has 1 aromatic rings. The van der Waals surface area contributed by atoms with Crippen molar-refractivity contribution in [1.82, 2.24) is 0 Å². The van der Waals surface area contributed by atoms with E-state index in [1.54, 1.807) is 6.26 Å². The Kier molecular flexibility index (Phi) is 2.92. The van der Waals surface area contributed by atoms with Gasteiger partial charge in [-0.05, 0) is 28.7 Å². The summed E-state index contributed by atoms with van der Waals surface area (Å²) in [6.45, 7) is 10.6. The van der Waals surface area contributed by atoms with Gasteiger partial charge in [0.25, 0.3) is 0 Å². The maximum absolute atomic E-state index is 10.2. The normalized spacial score (nSPS) is 21.9. The van der Waals surface area contributed by atoms with E-state index in [1.807, 2.05) is 12.1 Å². The summed E-state index contributed by atoms with van der Waals surface area (Å²) < 4.78 is 5.64. The molecular weight excluding hydrogens is 224 g/mol. The van der Waals surface area contributed by atoms with Crippen LogP contribution in [0.25, 0.3) is 0 Å². The van der Waals surface area contributed by atoms with Crippen LogP contribution < -0.4 is 0 Å². The highest BCUT2D eigenvalue weighted by Gasteiger charge is 2.34. The number of phenolic OH excluding ortho intramolecular Hbond substituents is 1. The van der Waals surface area contributed by atoms with Gasteiger partial charge in [0.05, 0.1) is 6.26 Å². The smallest absolute Gasteiger partial charge is 0.132 e. The fourth-order valence-corrected chi connectivity index (χ4v) is 2.41. The molecule has 1 heterocycles. The highest BCUT2D eigenvalue weighted by molar-refractivity contribution is 5.42. The molecule has 2 rings (SSSR count). The quantitative estimate of drug-likeness (QED) is 0.800. The molecule has 98 valence electrons. The maximum Gasteiger partial charge on any atom is 0.132 e. The number of hydrogen-bond donors (Lipinski definition) is 1. The van der Waals surface area contributed by atoms with Gasteiger partial charge in [-0.1, -0.05) is 46.8 Å². The summed E-state index contributed by atoms with van der Waals surface area (Å²) >= 11 is 0. The third kappa shape index (κ3) is 2.24. The van der Waals surface area contributed by atoms with E-state index < -0.39 is 0 Å². The van der Waals surface area contributed by atoms with Gasteiger partial charge < -0.3 is 9.84 Å². The standard InChI is InChI=1S/C16H22O2/c1-15(2,3)12-7-6-11(10-13(12)17)14-16(4,5)8-9-18-14/h6-10,14,17H,1-5H3. The Labute approximate surface area is 109 Å².